The summed E-state index contributed by atoms with van der Waals surface area (Å²) in [5.74, 6) is 0. The maximum Gasteiger partial charge on any atom is 0.244 e. The van der Waals surface area contributed by atoms with E-state index in [0.29, 0.717) is 13.2 Å². The number of hydrogen-bond acceptors (Lipinski definition) is 3. The van der Waals surface area contributed by atoms with Crippen LogP contribution in [-0.2, 0) is 20.9 Å². The van der Waals surface area contributed by atoms with Gasteiger partial charge in [0.1, 0.15) is 0 Å². The molecule has 0 rings (SSSR count). The van der Waals surface area contributed by atoms with Gasteiger partial charge in [-0.05, 0) is 24.6 Å². The molecular formula is C28H59O2PS2. The Morgan fingerprint density at radius 2 is 0.636 bits per heavy atom. The average Bonchev–Trinajstić information content (AvgIpc) is 2.80. The summed E-state index contributed by atoms with van der Waals surface area (Å²) in [6.45, 7) is 5.98. The van der Waals surface area contributed by atoms with E-state index in [4.69, 9.17) is 20.9 Å². The Kier molecular flexibility index (Phi) is 28.3. The number of unbranched alkanes of at least 4 members (excludes halogenated alkanes) is 22. The molecule has 0 saturated heterocycles. The zero-order valence-electron chi connectivity index (χ0n) is 22.5. The first kappa shape index (κ1) is 33.9. The third kappa shape index (κ3) is 29.0. The largest absolute Gasteiger partial charge is 0.322 e. The van der Waals surface area contributed by atoms with Crippen molar-refractivity contribution in [2.24, 2.45) is 0 Å². The lowest BCUT2D eigenvalue weighted by Gasteiger charge is -2.16. The summed E-state index contributed by atoms with van der Waals surface area (Å²) in [6, 6.07) is 0. The molecule has 0 amide bonds. The maximum atomic E-state index is 5.80. The van der Waals surface area contributed by atoms with E-state index < -0.39 is 5.69 Å². The van der Waals surface area contributed by atoms with Gasteiger partial charge in [0.05, 0.1) is 13.2 Å². The van der Waals surface area contributed by atoms with Gasteiger partial charge < -0.3 is 9.05 Å². The van der Waals surface area contributed by atoms with Crippen molar-refractivity contribution in [2.45, 2.75) is 168 Å². The topological polar surface area (TPSA) is 18.5 Å². The molecule has 0 bridgehead atoms. The molecule has 33 heavy (non-hydrogen) atoms. The predicted molar refractivity (Wildman–Crippen MR) is 157 cm³/mol. The molecule has 0 aliphatic heterocycles. The van der Waals surface area contributed by atoms with Crippen LogP contribution in [-0.4, -0.2) is 13.2 Å². The first-order valence-corrected chi connectivity index (χ1v) is 18.5. The Morgan fingerprint density at radius 3 is 0.879 bits per heavy atom. The minimum atomic E-state index is -2.33. The molecule has 0 saturated carbocycles. The summed E-state index contributed by atoms with van der Waals surface area (Å²) in [6.07, 6.45) is 32.5. The molecule has 0 atom stereocenters. The highest BCUT2D eigenvalue weighted by Crippen LogP contribution is 2.53. The van der Waals surface area contributed by atoms with E-state index >= 15 is 0 Å². The normalized spacial score (nSPS) is 12.0. The van der Waals surface area contributed by atoms with Crippen molar-refractivity contribution < 1.29 is 9.05 Å². The molecule has 0 aromatic carbocycles. The van der Waals surface area contributed by atoms with Crippen LogP contribution in [0.4, 0.5) is 0 Å². The Balaban J connectivity index is 3.29. The van der Waals surface area contributed by atoms with Gasteiger partial charge in [-0.1, -0.05) is 167 Å². The zero-order chi connectivity index (χ0) is 24.3. The van der Waals surface area contributed by atoms with Crippen LogP contribution in [0, 0.1) is 0 Å². The maximum absolute atomic E-state index is 5.80. The molecule has 0 fully saturated rings. The van der Waals surface area contributed by atoms with Gasteiger partial charge in [0.25, 0.3) is 0 Å². The molecule has 200 valence electrons. The third-order valence-corrected chi connectivity index (χ3v) is 8.85. The van der Waals surface area contributed by atoms with E-state index in [9.17, 15) is 0 Å². The predicted octanol–water partition coefficient (Wildman–Crippen LogP) is 11.6. The molecule has 0 spiro atoms. The van der Waals surface area contributed by atoms with Gasteiger partial charge in [-0.2, -0.15) is 0 Å². The lowest BCUT2D eigenvalue weighted by Crippen LogP contribution is -1.96. The van der Waals surface area contributed by atoms with E-state index in [1.807, 2.05) is 0 Å². The molecule has 0 aromatic heterocycles. The Bertz CT molecular complexity index is 387. The van der Waals surface area contributed by atoms with E-state index in [-0.39, 0.29) is 0 Å². The monoisotopic (exact) mass is 522 g/mol. The quantitative estimate of drug-likeness (QED) is 0.0626. The molecule has 5 heteroatoms. The minimum Gasteiger partial charge on any atom is -0.322 e. The summed E-state index contributed by atoms with van der Waals surface area (Å²) < 4.78 is 11.6. The smallest absolute Gasteiger partial charge is 0.244 e. The van der Waals surface area contributed by atoms with Crippen molar-refractivity contribution in [3.05, 3.63) is 0 Å². The zero-order valence-corrected chi connectivity index (χ0v) is 25.1. The van der Waals surface area contributed by atoms with Crippen molar-refractivity contribution in [1.29, 1.82) is 0 Å². The van der Waals surface area contributed by atoms with Crippen molar-refractivity contribution in [1.82, 2.24) is 0 Å². The molecule has 0 aromatic rings. The summed E-state index contributed by atoms with van der Waals surface area (Å²) >= 11 is 9.94. The highest BCUT2D eigenvalue weighted by atomic mass is 32.9. The number of hydrogen-bond donors (Lipinski definition) is 1. The fraction of sp³-hybridized carbons (Fsp3) is 1.00. The molecule has 0 N–H and O–H groups in total. The Labute approximate surface area is 219 Å². The SMILES string of the molecule is CCCCCCCCCCCCCCOP(=S)(S)OCCCCCCCCCCCCCC. The third-order valence-electron chi connectivity index (χ3n) is 6.50. The molecule has 0 aliphatic carbocycles. The minimum absolute atomic E-state index is 0.705. The summed E-state index contributed by atoms with van der Waals surface area (Å²) in [4.78, 5) is 0. The van der Waals surface area contributed by atoms with Crippen LogP contribution >= 0.6 is 17.9 Å². The first-order valence-electron chi connectivity index (χ1n) is 14.7. The van der Waals surface area contributed by atoms with Crippen LogP contribution in [0.5, 0.6) is 0 Å². The Morgan fingerprint density at radius 1 is 0.424 bits per heavy atom. The molecule has 0 radical (unpaired) electrons. The highest BCUT2D eigenvalue weighted by Gasteiger charge is 2.12. The summed E-state index contributed by atoms with van der Waals surface area (Å²) in [5.41, 5.74) is -2.33. The van der Waals surface area contributed by atoms with Crippen LogP contribution in [0.3, 0.4) is 0 Å². The van der Waals surface area contributed by atoms with Gasteiger partial charge in [0.15, 0.2) is 0 Å². The van der Waals surface area contributed by atoms with Gasteiger partial charge in [-0.25, -0.2) is 0 Å². The average molecular weight is 523 g/mol. The first-order chi connectivity index (χ1) is 16.1. The van der Waals surface area contributed by atoms with E-state index in [2.05, 4.69) is 26.1 Å². The van der Waals surface area contributed by atoms with Crippen molar-refractivity contribution in [3.63, 3.8) is 0 Å². The molecular weight excluding hydrogens is 463 g/mol. The summed E-state index contributed by atoms with van der Waals surface area (Å²) in [7, 11) is 0. The lowest BCUT2D eigenvalue weighted by molar-refractivity contribution is 0.250. The Hall–Kier alpha value is 0.920. The number of thiol groups is 1. The van der Waals surface area contributed by atoms with Gasteiger partial charge in [-0.3, -0.25) is 0 Å². The fourth-order valence-electron chi connectivity index (χ4n) is 4.28. The van der Waals surface area contributed by atoms with Crippen LogP contribution in [0.2, 0.25) is 0 Å². The van der Waals surface area contributed by atoms with Crippen molar-refractivity contribution >= 4 is 29.7 Å². The van der Waals surface area contributed by atoms with Crippen molar-refractivity contribution in [3.8, 4) is 0 Å². The second-order valence-electron chi connectivity index (χ2n) is 9.91. The second kappa shape index (κ2) is 27.5. The van der Waals surface area contributed by atoms with Crippen LogP contribution < -0.4 is 0 Å². The summed E-state index contributed by atoms with van der Waals surface area (Å²) in [5, 5.41) is 0. The van der Waals surface area contributed by atoms with E-state index in [1.54, 1.807) is 0 Å². The van der Waals surface area contributed by atoms with Crippen LogP contribution in [0.25, 0.3) is 0 Å². The molecule has 2 nitrogen and oxygen atoms in total. The van der Waals surface area contributed by atoms with Gasteiger partial charge in [0, 0.05) is 0 Å². The standard InChI is InChI=1S/C28H59O2PS2/c1-3-5-7-9-11-13-15-17-19-21-23-25-27-29-31(32,33)30-28-26-24-22-20-18-16-14-12-10-8-6-4-2/h3-28H2,1-2H3,(H,32,33). The number of rotatable bonds is 28. The molecule has 0 heterocycles. The second-order valence-corrected chi connectivity index (χ2v) is 15.2. The van der Waals surface area contributed by atoms with Gasteiger partial charge in [-0.15, -0.1) is 0 Å². The fourth-order valence-corrected chi connectivity index (χ4v) is 6.01. The molecule has 0 unspecified atom stereocenters. The van der Waals surface area contributed by atoms with E-state index in [1.165, 1.54) is 141 Å². The van der Waals surface area contributed by atoms with Crippen molar-refractivity contribution in [2.75, 3.05) is 13.2 Å². The molecule has 0 aliphatic rings. The van der Waals surface area contributed by atoms with Gasteiger partial charge >= 0.3 is 0 Å². The van der Waals surface area contributed by atoms with Crippen LogP contribution in [0.1, 0.15) is 168 Å². The lowest BCUT2D eigenvalue weighted by atomic mass is 10.1. The highest BCUT2D eigenvalue weighted by molar-refractivity contribution is 8.60. The van der Waals surface area contributed by atoms with Crippen LogP contribution in [0.15, 0.2) is 0 Å². The van der Waals surface area contributed by atoms with E-state index in [0.717, 1.165) is 12.8 Å². The van der Waals surface area contributed by atoms with Gasteiger partial charge in [0.2, 0.25) is 5.69 Å².